The van der Waals surface area contributed by atoms with Crippen molar-refractivity contribution in [2.75, 3.05) is 0 Å². The van der Waals surface area contributed by atoms with Crippen LogP contribution in [-0.2, 0) is 16.8 Å². The van der Waals surface area contributed by atoms with E-state index in [4.69, 9.17) is 0 Å². The van der Waals surface area contributed by atoms with Crippen molar-refractivity contribution < 1.29 is 12.3 Å². The molecule has 0 saturated carbocycles. The van der Waals surface area contributed by atoms with Gasteiger partial charge in [0, 0.05) is 12.7 Å². The predicted octanol–water partition coefficient (Wildman–Crippen LogP) is 1.20. The average Bonchev–Trinajstić information content (AvgIpc) is 2.32. The number of hydrogen-bond donors (Lipinski definition) is 0. The summed E-state index contributed by atoms with van der Waals surface area (Å²) >= 11 is 0. The van der Waals surface area contributed by atoms with Crippen molar-refractivity contribution in [2.45, 2.75) is 25.3 Å². The lowest BCUT2D eigenvalue weighted by atomic mass is 10.2. The van der Waals surface area contributed by atoms with Gasteiger partial charge in [-0.3, -0.25) is 4.68 Å². The van der Waals surface area contributed by atoms with Crippen LogP contribution in [0.2, 0.25) is 0 Å². The number of hydrogen-bond acceptors (Lipinski definition) is 3. The molecule has 0 aliphatic rings. The second kappa shape index (κ2) is 3.45. The van der Waals surface area contributed by atoms with Crippen molar-refractivity contribution in [3.05, 3.63) is 12.4 Å². The van der Waals surface area contributed by atoms with Gasteiger partial charge in [0.2, 0.25) is 0 Å². The molecule has 13 heavy (non-hydrogen) atoms. The molecule has 1 heterocycles. The van der Waals surface area contributed by atoms with E-state index in [2.05, 4.69) is 5.10 Å². The molecule has 0 fully saturated rings. The Morgan fingerprint density at radius 1 is 1.62 bits per heavy atom. The van der Waals surface area contributed by atoms with Crippen molar-refractivity contribution in [2.24, 2.45) is 5.92 Å². The molecule has 1 aromatic heterocycles. The number of rotatable bonds is 3. The van der Waals surface area contributed by atoms with E-state index in [1.54, 1.807) is 0 Å². The summed E-state index contributed by atoms with van der Waals surface area (Å²) in [5.74, 6) is 0.343. The molecular weight excluding hydrogens is 195 g/mol. The zero-order chi connectivity index (χ0) is 10.1. The zero-order valence-electron chi connectivity index (χ0n) is 7.44. The molecule has 0 N–H and O–H groups in total. The monoisotopic (exact) mass is 206 g/mol. The van der Waals surface area contributed by atoms with Gasteiger partial charge in [0.25, 0.3) is 0 Å². The van der Waals surface area contributed by atoms with Crippen molar-refractivity contribution in [1.82, 2.24) is 9.78 Å². The molecule has 0 saturated heterocycles. The van der Waals surface area contributed by atoms with Gasteiger partial charge in [-0.25, -0.2) is 0 Å². The summed E-state index contributed by atoms with van der Waals surface area (Å²) in [5, 5.41) is 3.72. The van der Waals surface area contributed by atoms with E-state index >= 15 is 0 Å². The van der Waals surface area contributed by atoms with Crippen LogP contribution >= 0.6 is 0 Å². The maximum Gasteiger partial charge on any atom is 0.335 e. The first-order chi connectivity index (χ1) is 5.89. The van der Waals surface area contributed by atoms with E-state index in [0.717, 1.165) is 6.20 Å². The van der Waals surface area contributed by atoms with Crippen LogP contribution in [0.5, 0.6) is 0 Å². The molecule has 0 bridgehead atoms. The number of halogens is 1. The molecule has 0 unspecified atom stereocenters. The van der Waals surface area contributed by atoms with E-state index in [9.17, 15) is 12.3 Å². The lowest BCUT2D eigenvalue weighted by Crippen LogP contribution is -2.04. The van der Waals surface area contributed by atoms with Crippen LogP contribution in [0.25, 0.3) is 0 Å². The Balaban J connectivity index is 2.88. The normalized spacial score (nSPS) is 12.3. The molecule has 6 heteroatoms. The Labute approximate surface area is 76.6 Å². The van der Waals surface area contributed by atoms with Gasteiger partial charge in [-0.05, 0) is 5.92 Å². The summed E-state index contributed by atoms with van der Waals surface area (Å²) in [6.45, 7) is 4.51. The predicted molar refractivity (Wildman–Crippen MR) is 45.4 cm³/mol. The highest BCUT2D eigenvalue weighted by Crippen LogP contribution is 2.10. The standard InChI is InChI=1S/C7H11FN2O2S/c1-6(2)4-10-5-7(3-9-10)13(8,11)12/h3,5-6H,4H2,1-2H3. The highest BCUT2D eigenvalue weighted by molar-refractivity contribution is 7.86. The van der Waals surface area contributed by atoms with Gasteiger partial charge in [-0.1, -0.05) is 13.8 Å². The van der Waals surface area contributed by atoms with Gasteiger partial charge >= 0.3 is 10.2 Å². The summed E-state index contributed by atoms with van der Waals surface area (Å²) in [5.41, 5.74) is 0. The average molecular weight is 206 g/mol. The molecule has 0 radical (unpaired) electrons. The fourth-order valence-corrected chi connectivity index (χ4v) is 1.37. The molecule has 0 atom stereocenters. The minimum atomic E-state index is -4.60. The third-order valence-corrected chi connectivity index (χ3v) is 2.22. The minimum Gasteiger partial charge on any atom is -0.271 e. The Bertz CT molecular complexity index is 383. The molecule has 1 rings (SSSR count). The van der Waals surface area contributed by atoms with Gasteiger partial charge in [-0.15, -0.1) is 3.89 Å². The SMILES string of the molecule is CC(C)Cn1cc(S(=O)(=O)F)cn1. The van der Waals surface area contributed by atoms with Crippen LogP contribution in [0.15, 0.2) is 17.3 Å². The highest BCUT2D eigenvalue weighted by Gasteiger charge is 2.14. The third-order valence-electron chi connectivity index (χ3n) is 1.44. The molecule has 0 spiro atoms. The first kappa shape index (κ1) is 10.2. The molecule has 4 nitrogen and oxygen atoms in total. The molecule has 0 aliphatic carbocycles. The smallest absolute Gasteiger partial charge is 0.271 e. The first-order valence-corrected chi connectivity index (χ1v) is 5.25. The van der Waals surface area contributed by atoms with Gasteiger partial charge in [0.15, 0.2) is 0 Å². The fourth-order valence-electron chi connectivity index (χ4n) is 0.944. The molecule has 1 aromatic rings. The second-order valence-corrected chi connectivity index (χ2v) is 4.58. The van der Waals surface area contributed by atoms with E-state index in [-0.39, 0.29) is 4.90 Å². The number of aromatic nitrogens is 2. The van der Waals surface area contributed by atoms with Gasteiger partial charge in [0.05, 0.1) is 6.20 Å². The van der Waals surface area contributed by atoms with Crippen LogP contribution < -0.4 is 0 Å². The summed E-state index contributed by atoms with van der Waals surface area (Å²) in [6.07, 6.45) is 2.20. The van der Waals surface area contributed by atoms with Crippen LogP contribution in [0, 0.1) is 5.92 Å². The van der Waals surface area contributed by atoms with Crippen molar-refractivity contribution in [3.8, 4) is 0 Å². The topological polar surface area (TPSA) is 52.0 Å². The Morgan fingerprint density at radius 2 is 2.23 bits per heavy atom. The maximum absolute atomic E-state index is 12.4. The van der Waals surface area contributed by atoms with Gasteiger partial charge in [-0.2, -0.15) is 13.5 Å². The van der Waals surface area contributed by atoms with Crippen LogP contribution in [0.4, 0.5) is 3.89 Å². The van der Waals surface area contributed by atoms with E-state index in [1.165, 1.54) is 10.9 Å². The summed E-state index contributed by atoms with van der Waals surface area (Å²) in [7, 11) is -4.60. The lowest BCUT2D eigenvalue weighted by molar-refractivity contribution is 0.482. The Kier molecular flexibility index (Phi) is 2.70. The number of nitrogens with zero attached hydrogens (tertiary/aromatic N) is 2. The second-order valence-electron chi connectivity index (χ2n) is 3.23. The minimum absolute atomic E-state index is 0.343. The van der Waals surface area contributed by atoms with Gasteiger partial charge < -0.3 is 0 Å². The largest absolute Gasteiger partial charge is 0.335 e. The first-order valence-electron chi connectivity index (χ1n) is 3.86. The van der Waals surface area contributed by atoms with E-state index < -0.39 is 10.2 Å². The fraction of sp³-hybridized carbons (Fsp3) is 0.571. The molecular formula is C7H11FN2O2S. The molecule has 0 amide bonds. The Hall–Kier alpha value is -0.910. The quantitative estimate of drug-likeness (QED) is 0.698. The maximum atomic E-state index is 12.4. The van der Waals surface area contributed by atoms with Crippen molar-refractivity contribution >= 4 is 10.2 Å². The molecule has 74 valence electrons. The summed E-state index contributed by atoms with van der Waals surface area (Å²) < 4.78 is 34.6. The van der Waals surface area contributed by atoms with Crippen molar-refractivity contribution in [3.63, 3.8) is 0 Å². The summed E-state index contributed by atoms with van der Waals surface area (Å²) in [4.78, 5) is -0.381. The van der Waals surface area contributed by atoms with Crippen LogP contribution in [-0.4, -0.2) is 18.2 Å². The van der Waals surface area contributed by atoms with Crippen LogP contribution in [0.1, 0.15) is 13.8 Å². The van der Waals surface area contributed by atoms with E-state index in [0.29, 0.717) is 12.5 Å². The zero-order valence-corrected chi connectivity index (χ0v) is 8.25. The van der Waals surface area contributed by atoms with Gasteiger partial charge in [0.1, 0.15) is 4.90 Å². The molecule has 0 aliphatic heterocycles. The van der Waals surface area contributed by atoms with Crippen LogP contribution in [0.3, 0.4) is 0 Å². The lowest BCUT2D eigenvalue weighted by Gasteiger charge is -2.02. The third kappa shape index (κ3) is 2.80. The van der Waals surface area contributed by atoms with Crippen molar-refractivity contribution in [1.29, 1.82) is 0 Å². The summed E-state index contributed by atoms with van der Waals surface area (Å²) in [6, 6.07) is 0. The molecule has 0 aromatic carbocycles. The van der Waals surface area contributed by atoms with E-state index in [1.807, 2.05) is 13.8 Å². The Morgan fingerprint density at radius 3 is 2.62 bits per heavy atom. The highest BCUT2D eigenvalue weighted by atomic mass is 32.3.